The molecule has 2 fully saturated rings. The first-order valence-electron chi connectivity index (χ1n) is 9.04. The minimum absolute atomic E-state index is 0. The molecule has 0 radical (unpaired) electrons. The molecule has 0 spiro atoms. The average molecular weight is 366 g/mol. The number of carbonyl (C=O) groups excluding carboxylic acids is 2. The van der Waals surface area contributed by atoms with Crippen molar-refractivity contribution in [2.75, 3.05) is 39.3 Å². The predicted molar refractivity (Wildman–Crippen MR) is 101 cm³/mol. The molecular formula is C19H28ClN3O2. The molecule has 2 aliphatic rings. The van der Waals surface area contributed by atoms with E-state index in [0.717, 1.165) is 24.4 Å². The summed E-state index contributed by atoms with van der Waals surface area (Å²) in [6, 6.07) is 7.83. The van der Waals surface area contributed by atoms with E-state index in [1.54, 1.807) is 0 Å². The van der Waals surface area contributed by atoms with Crippen molar-refractivity contribution in [3.63, 3.8) is 0 Å². The van der Waals surface area contributed by atoms with Gasteiger partial charge in [-0.15, -0.1) is 12.4 Å². The Bertz CT molecular complexity index is 579. The Hall–Kier alpha value is -1.59. The number of rotatable bonds is 6. The lowest BCUT2D eigenvalue weighted by Crippen LogP contribution is -2.52. The molecule has 1 saturated heterocycles. The third-order valence-corrected chi connectivity index (χ3v) is 4.93. The highest BCUT2D eigenvalue weighted by Crippen LogP contribution is 2.27. The number of amides is 2. The van der Waals surface area contributed by atoms with Crippen molar-refractivity contribution >= 4 is 24.2 Å². The van der Waals surface area contributed by atoms with Crippen LogP contribution in [0.4, 0.5) is 0 Å². The summed E-state index contributed by atoms with van der Waals surface area (Å²) in [6.07, 6.45) is 3.56. The van der Waals surface area contributed by atoms with Crippen molar-refractivity contribution in [2.24, 2.45) is 5.92 Å². The Morgan fingerprint density at radius 3 is 2.20 bits per heavy atom. The molecule has 1 N–H and O–H groups in total. The van der Waals surface area contributed by atoms with Gasteiger partial charge in [-0.05, 0) is 49.4 Å². The fourth-order valence-electron chi connectivity index (χ4n) is 3.04. The molecule has 3 rings (SSSR count). The van der Waals surface area contributed by atoms with Crippen LogP contribution < -0.4 is 5.32 Å². The average Bonchev–Trinajstić information content (AvgIpc) is 3.45. The van der Waals surface area contributed by atoms with E-state index in [1.165, 1.54) is 18.4 Å². The monoisotopic (exact) mass is 365 g/mol. The van der Waals surface area contributed by atoms with Crippen molar-refractivity contribution in [2.45, 2.75) is 26.2 Å². The molecule has 0 bridgehead atoms. The Kier molecular flexibility index (Phi) is 7.26. The van der Waals surface area contributed by atoms with Crippen LogP contribution in [0.1, 0.15) is 35.7 Å². The van der Waals surface area contributed by atoms with Crippen molar-refractivity contribution in [3.05, 3.63) is 35.4 Å². The molecule has 0 unspecified atom stereocenters. The Morgan fingerprint density at radius 2 is 1.64 bits per heavy atom. The quantitative estimate of drug-likeness (QED) is 0.838. The maximum absolute atomic E-state index is 12.5. The fourth-order valence-corrected chi connectivity index (χ4v) is 3.04. The summed E-state index contributed by atoms with van der Waals surface area (Å²) in [5.41, 5.74) is 1.97. The highest BCUT2D eigenvalue weighted by Gasteiger charge is 2.25. The van der Waals surface area contributed by atoms with E-state index < -0.39 is 0 Å². The second-order valence-corrected chi connectivity index (χ2v) is 6.80. The molecule has 1 aromatic carbocycles. The lowest BCUT2D eigenvalue weighted by Gasteiger charge is -2.35. The molecule has 1 heterocycles. The zero-order valence-electron chi connectivity index (χ0n) is 14.9. The van der Waals surface area contributed by atoms with Crippen LogP contribution in [-0.4, -0.2) is 60.9 Å². The summed E-state index contributed by atoms with van der Waals surface area (Å²) in [7, 11) is 0. The van der Waals surface area contributed by atoms with Crippen molar-refractivity contribution in [1.29, 1.82) is 0 Å². The first-order valence-corrected chi connectivity index (χ1v) is 9.04. The van der Waals surface area contributed by atoms with Crippen LogP contribution >= 0.6 is 12.4 Å². The molecule has 1 saturated carbocycles. The van der Waals surface area contributed by atoms with Gasteiger partial charge in [0.2, 0.25) is 5.91 Å². The Balaban J connectivity index is 0.00000225. The third-order valence-electron chi connectivity index (χ3n) is 4.93. The van der Waals surface area contributed by atoms with Gasteiger partial charge in [0.05, 0.1) is 6.54 Å². The van der Waals surface area contributed by atoms with Crippen molar-refractivity contribution in [1.82, 2.24) is 15.1 Å². The normalized spacial score (nSPS) is 17.2. The second-order valence-electron chi connectivity index (χ2n) is 6.80. The van der Waals surface area contributed by atoms with Crippen molar-refractivity contribution < 1.29 is 9.59 Å². The zero-order chi connectivity index (χ0) is 16.9. The van der Waals surface area contributed by atoms with E-state index >= 15 is 0 Å². The SMILES string of the molecule is CCc1ccc(C(=O)N2CCN(C(=O)CNCC3CC3)CC2)cc1.Cl. The second kappa shape index (κ2) is 9.20. The first-order chi connectivity index (χ1) is 11.7. The smallest absolute Gasteiger partial charge is 0.253 e. The van der Waals surface area contributed by atoms with Crippen LogP contribution in [0.25, 0.3) is 0 Å². The Labute approximate surface area is 156 Å². The first kappa shape index (κ1) is 19.7. The van der Waals surface area contributed by atoms with E-state index in [9.17, 15) is 9.59 Å². The highest BCUT2D eigenvalue weighted by molar-refractivity contribution is 5.94. The summed E-state index contributed by atoms with van der Waals surface area (Å²) in [6.45, 7) is 5.96. The van der Waals surface area contributed by atoms with Gasteiger partial charge >= 0.3 is 0 Å². The number of nitrogens with one attached hydrogen (secondary N) is 1. The number of hydrogen-bond donors (Lipinski definition) is 1. The van der Waals surface area contributed by atoms with Gasteiger partial charge in [-0.25, -0.2) is 0 Å². The number of nitrogens with zero attached hydrogens (tertiary/aromatic N) is 2. The van der Waals surface area contributed by atoms with Crippen LogP contribution in [0.2, 0.25) is 0 Å². The Morgan fingerprint density at radius 1 is 1.04 bits per heavy atom. The lowest BCUT2D eigenvalue weighted by molar-refractivity contribution is -0.131. The van der Waals surface area contributed by atoms with Gasteiger partial charge in [0.25, 0.3) is 5.91 Å². The standard InChI is InChI=1S/C19H27N3O2.ClH/c1-2-15-5-7-17(8-6-15)19(24)22-11-9-21(10-12-22)18(23)14-20-13-16-3-4-16;/h5-8,16,20H,2-4,9-14H2,1H3;1H. The number of carbonyl (C=O) groups is 2. The van der Waals surface area contributed by atoms with Crippen LogP contribution in [0.15, 0.2) is 24.3 Å². The van der Waals surface area contributed by atoms with E-state index in [2.05, 4.69) is 12.2 Å². The molecule has 138 valence electrons. The van der Waals surface area contributed by atoms with E-state index in [1.807, 2.05) is 34.1 Å². The van der Waals surface area contributed by atoms with Crippen LogP contribution in [0.5, 0.6) is 0 Å². The minimum Gasteiger partial charge on any atom is -0.338 e. The molecule has 1 aromatic rings. The fraction of sp³-hybridized carbons (Fsp3) is 0.579. The molecule has 25 heavy (non-hydrogen) atoms. The van der Waals surface area contributed by atoms with Crippen LogP contribution in [0, 0.1) is 5.92 Å². The van der Waals surface area contributed by atoms with Gasteiger partial charge in [-0.2, -0.15) is 0 Å². The zero-order valence-corrected chi connectivity index (χ0v) is 15.7. The maximum Gasteiger partial charge on any atom is 0.253 e. The molecule has 6 heteroatoms. The minimum atomic E-state index is 0. The largest absolute Gasteiger partial charge is 0.338 e. The number of benzene rings is 1. The summed E-state index contributed by atoms with van der Waals surface area (Å²) in [4.78, 5) is 28.4. The number of aryl methyl sites for hydroxylation is 1. The van der Waals surface area contributed by atoms with Gasteiger partial charge < -0.3 is 15.1 Å². The summed E-state index contributed by atoms with van der Waals surface area (Å²) < 4.78 is 0. The van der Waals surface area contributed by atoms with Crippen LogP contribution in [-0.2, 0) is 11.2 Å². The van der Waals surface area contributed by atoms with Crippen molar-refractivity contribution in [3.8, 4) is 0 Å². The summed E-state index contributed by atoms with van der Waals surface area (Å²) in [5.74, 6) is 0.998. The molecule has 1 aliphatic carbocycles. The predicted octanol–water partition coefficient (Wildman–Crippen LogP) is 1.95. The summed E-state index contributed by atoms with van der Waals surface area (Å²) in [5, 5.41) is 3.24. The molecule has 5 nitrogen and oxygen atoms in total. The van der Waals surface area contributed by atoms with E-state index in [4.69, 9.17) is 0 Å². The van der Waals surface area contributed by atoms with Gasteiger partial charge in [0.15, 0.2) is 0 Å². The molecular weight excluding hydrogens is 338 g/mol. The third kappa shape index (κ3) is 5.44. The maximum atomic E-state index is 12.5. The molecule has 2 amide bonds. The van der Waals surface area contributed by atoms with Gasteiger partial charge in [0, 0.05) is 31.7 Å². The number of hydrogen-bond acceptors (Lipinski definition) is 3. The highest BCUT2D eigenvalue weighted by atomic mass is 35.5. The topological polar surface area (TPSA) is 52.7 Å². The molecule has 0 aromatic heterocycles. The lowest BCUT2D eigenvalue weighted by atomic mass is 10.1. The van der Waals surface area contributed by atoms with Crippen LogP contribution in [0.3, 0.4) is 0 Å². The number of piperazine rings is 1. The van der Waals surface area contributed by atoms with Gasteiger partial charge in [-0.1, -0.05) is 19.1 Å². The van der Waals surface area contributed by atoms with E-state index in [0.29, 0.717) is 32.7 Å². The van der Waals surface area contributed by atoms with Gasteiger partial charge in [-0.3, -0.25) is 9.59 Å². The van der Waals surface area contributed by atoms with E-state index in [-0.39, 0.29) is 24.2 Å². The van der Waals surface area contributed by atoms with Gasteiger partial charge in [0.1, 0.15) is 0 Å². The summed E-state index contributed by atoms with van der Waals surface area (Å²) >= 11 is 0. The number of halogens is 1. The molecule has 1 aliphatic heterocycles. The molecule has 0 atom stereocenters.